The van der Waals surface area contributed by atoms with Crippen molar-refractivity contribution in [1.29, 1.82) is 0 Å². The van der Waals surface area contributed by atoms with Gasteiger partial charge in [-0.15, -0.1) is 0 Å². The van der Waals surface area contributed by atoms with Crippen LogP contribution in [0.4, 0.5) is 0 Å². The van der Waals surface area contributed by atoms with Gasteiger partial charge in [-0.3, -0.25) is 5.10 Å². The molecule has 3 N–H and O–H groups in total. The lowest BCUT2D eigenvalue weighted by atomic mass is 10.0. The number of H-pyrrole nitrogens is 1. The molecule has 2 atom stereocenters. The normalized spacial score (nSPS) is 15.2. The summed E-state index contributed by atoms with van der Waals surface area (Å²) < 4.78 is 27.7. The lowest BCUT2D eigenvalue weighted by Gasteiger charge is -2.18. The van der Waals surface area contributed by atoms with Gasteiger partial charge in [-0.2, -0.15) is 5.10 Å². The minimum absolute atomic E-state index is 0.0910. The average Bonchev–Trinajstić information content (AvgIpc) is 2.70. The van der Waals surface area contributed by atoms with Crippen LogP contribution in [-0.4, -0.2) is 31.7 Å². The third-order valence-electron chi connectivity index (χ3n) is 3.38. The monoisotopic (exact) mass is 302 g/mol. The largest absolute Gasteiger partial charge is 0.314 e. The van der Waals surface area contributed by atoms with Crippen LogP contribution in [0, 0.1) is 12.8 Å². The van der Waals surface area contributed by atoms with E-state index in [1.54, 1.807) is 14.0 Å². The molecule has 0 radical (unpaired) electrons. The van der Waals surface area contributed by atoms with Crippen LogP contribution in [0.5, 0.6) is 0 Å². The molecule has 7 heteroatoms. The van der Waals surface area contributed by atoms with Gasteiger partial charge in [0.1, 0.15) is 4.90 Å². The lowest BCUT2D eigenvalue weighted by molar-refractivity contribution is 0.445. The molecular formula is C13H26N4O2S. The minimum Gasteiger partial charge on any atom is -0.314 e. The third kappa shape index (κ3) is 4.29. The van der Waals surface area contributed by atoms with Gasteiger partial charge in [-0.1, -0.05) is 20.3 Å². The summed E-state index contributed by atoms with van der Waals surface area (Å²) in [6.07, 6.45) is 1.87. The summed E-state index contributed by atoms with van der Waals surface area (Å²) in [6.45, 7) is 8.27. The van der Waals surface area contributed by atoms with E-state index in [0.29, 0.717) is 23.9 Å². The van der Waals surface area contributed by atoms with Crippen LogP contribution in [0.15, 0.2) is 4.90 Å². The second kappa shape index (κ2) is 7.19. The number of aromatic nitrogens is 2. The van der Waals surface area contributed by atoms with Gasteiger partial charge in [-0.25, -0.2) is 13.1 Å². The predicted molar refractivity (Wildman–Crippen MR) is 79.9 cm³/mol. The van der Waals surface area contributed by atoms with Gasteiger partial charge in [0.05, 0.1) is 11.4 Å². The molecule has 0 aliphatic rings. The van der Waals surface area contributed by atoms with Crippen molar-refractivity contribution in [3.05, 3.63) is 11.4 Å². The van der Waals surface area contributed by atoms with E-state index in [4.69, 9.17) is 0 Å². The molecule has 6 nitrogen and oxygen atoms in total. The summed E-state index contributed by atoms with van der Waals surface area (Å²) in [7, 11) is -1.77. The average molecular weight is 302 g/mol. The fourth-order valence-corrected chi connectivity index (χ4v) is 3.88. The molecule has 0 amide bonds. The molecule has 2 unspecified atom stereocenters. The van der Waals surface area contributed by atoms with Crippen LogP contribution < -0.4 is 10.0 Å². The second-order valence-corrected chi connectivity index (χ2v) is 7.08. The summed E-state index contributed by atoms with van der Waals surface area (Å²) in [6, 6.07) is -0.0910. The van der Waals surface area contributed by atoms with Crippen LogP contribution in [0.25, 0.3) is 0 Å². The molecule has 116 valence electrons. The standard InChI is InChI=1S/C13H26N4O2S/c1-6-9(2)7-10(3)17-20(18,19)13-11(4)15-16-12(13)8-14-5/h9-10,14,17H,6-8H2,1-5H3,(H,15,16). The van der Waals surface area contributed by atoms with E-state index in [1.807, 2.05) is 6.92 Å². The first-order valence-corrected chi connectivity index (χ1v) is 8.50. The topological polar surface area (TPSA) is 86.9 Å². The van der Waals surface area contributed by atoms with Crippen LogP contribution in [-0.2, 0) is 16.6 Å². The molecule has 1 rings (SSSR count). The molecule has 1 aromatic heterocycles. The summed E-state index contributed by atoms with van der Waals surface area (Å²) in [5.74, 6) is 0.495. The van der Waals surface area contributed by atoms with Crippen molar-refractivity contribution >= 4 is 10.0 Å². The van der Waals surface area contributed by atoms with Crippen molar-refractivity contribution in [3.8, 4) is 0 Å². The van der Waals surface area contributed by atoms with E-state index in [2.05, 4.69) is 34.1 Å². The third-order valence-corrected chi connectivity index (χ3v) is 5.18. The van der Waals surface area contributed by atoms with Gasteiger partial charge in [0.15, 0.2) is 0 Å². The fraction of sp³-hybridized carbons (Fsp3) is 0.769. The first-order valence-electron chi connectivity index (χ1n) is 7.02. The van der Waals surface area contributed by atoms with Crippen molar-refractivity contribution in [2.24, 2.45) is 5.92 Å². The Labute approximate surface area is 121 Å². The number of hydrogen-bond donors (Lipinski definition) is 3. The lowest BCUT2D eigenvalue weighted by Crippen LogP contribution is -2.34. The first-order chi connectivity index (χ1) is 9.31. The van der Waals surface area contributed by atoms with E-state index in [9.17, 15) is 8.42 Å². The highest BCUT2D eigenvalue weighted by Crippen LogP contribution is 2.19. The Kier molecular flexibility index (Phi) is 6.16. The molecule has 1 heterocycles. The molecule has 0 spiro atoms. The van der Waals surface area contributed by atoms with Crippen molar-refractivity contribution in [2.45, 2.75) is 58.0 Å². The number of aromatic amines is 1. The summed E-state index contributed by atoms with van der Waals surface area (Å²) in [5, 5.41) is 9.72. The highest BCUT2D eigenvalue weighted by Gasteiger charge is 2.25. The van der Waals surface area contributed by atoms with Gasteiger partial charge in [0.2, 0.25) is 10.0 Å². The number of hydrogen-bond acceptors (Lipinski definition) is 4. The molecular weight excluding hydrogens is 276 g/mol. The molecule has 1 aromatic rings. The van der Waals surface area contributed by atoms with Crippen LogP contribution >= 0.6 is 0 Å². The number of nitrogens with zero attached hydrogens (tertiary/aromatic N) is 1. The Balaban J connectivity index is 2.91. The Hall–Kier alpha value is -0.920. The minimum atomic E-state index is -3.54. The quantitative estimate of drug-likeness (QED) is 0.680. The molecule has 0 aliphatic carbocycles. The number of aryl methyl sites for hydroxylation is 1. The van der Waals surface area contributed by atoms with Crippen molar-refractivity contribution < 1.29 is 8.42 Å². The second-order valence-electron chi connectivity index (χ2n) is 5.43. The zero-order valence-corrected chi connectivity index (χ0v) is 13.8. The van der Waals surface area contributed by atoms with Crippen molar-refractivity contribution in [1.82, 2.24) is 20.2 Å². The molecule has 0 bridgehead atoms. The van der Waals surface area contributed by atoms with Gasteiger partial charge in [-0.05, 0) is 33.2 Å². The van der Waals surface area contributed by atoms with E-state index in [1.165, 1.54) is 0 Å². The van der Waals surface area contributed by atoms with Gasteiger partial charge in [0, 0.05) is 12.6 Å². The number of rotatable bonds is 8. The smallest absolute Gasteiger partial charge is 0.244 e. The molecule has 0 saturated heterocycles. The fourth-order valence-electron chi connectivity index (χ4n) is 2.26. The van der Waals surface area contributed by atoms with Crippen molar-refractivity contribution in [2.75, 3.05) is 7.05 Å². The summed E-state index contributed by atoms with van der Waals surface area (Å²) in [5.41, 5.74) is 1.09. The Morgan fingerprint density at radius 2 is 2.00 bits per heavy atom. The predicted octanol–water partition coefficient (Wildman–Crippen LogP) is 1.54. The van der Waals surface area contributed by atoms with Crippen molar-refractivity contribution in [3.63, 3.8) is 0 Å². The highest BCUT2D eigenvalue weighted by atomic mass is 32.2. The molecule has 0 fully saturated rings. The zero-order valence-electron chi connectivity index (χ0n) is 12.9. The number of nitrogens with one attached hydrogen (secondary N) is 3. The van der Waals surface area contributed by atoms with Gasteiger partial charge >= 0.3 is 0 Å². The van der Waals surface area contributed by atoms with Crippen LogP contribution in [0.1, 0.15) is 45.0 Å². The molecule has 0 aliphatic heterocycles. The van der Waals surface area contributed by atoms with Gasteiger partial charge < -0.3 is 5.32 Å². The Morgan fingerprint density at radius 3 is 2.55 bits per heavy atom. The Bertz CT molecular complexity index is 524. The SMILES string of the molecule is CCC(C)CC(C)NS(=O)(=O)c1c(CNC)n[nH]c1C. The van der Waals surface area contributed by atoms with E-state index in [0.717, 1.165) is 12.8 Å². The summed E-state index contributed by atoms with van der Waals surface area (Å²) >= 11 is 0. The van der Waals surface area contributed by atoms with E-state index < -0.39 is 10.0 Å². The van der Waals surface area contributed by atoms with E-state index >= 15 is 0 Å². The maximum atomic E-state index is 12.5. The van der Waals surface area contributed by atoms with Crippen LogP contribution in [0.3, 0.4) is 0 Å². The maximum absolute atomic E-state index is 12.5. The molecule has 0 aromatic carbocycles. The van der Waals surface area contributed by atoms with Crippen LogP contribution in [0.2, 0.25) is 0 Å². The highest BCUT2D eigenvalue weighted by molar-refractivity contribution is 7.89. The van der Waals surface area contributed by atoms with E-state index in [-0.39, 0.29) is 10.9 Å². The maximum Gasteiger partial charge on any atom is 0.244 e. The van der Waals surface area contributed by atoms with Gasteiger partial charge in [0.25, 0.3) is 0 Å². The number of sulfonamides is 1. The zero-order chi connectivity index (χ0) is 15.3. The molecule has 0 saturated carbocycles. The first kappa shape index (κ1) is 17.1. The Morgan fingerprint density at radius 1 is 1.35 bits per heavy atom. The molecule has 20 heavy (non-hydrogen) atoms. The summed E-state index contributed by atoms with van der Waals surface area (Å²) in [4.78, 5) is 0.267.